The van der Waals surface area contributed by atoms with Crippen molar-refractivity contribution in [2.75, 3.05) is 6.54 Å². The van der Waals surface area contributed by atoms with Crippen molar-refractivity contribution < 1.29 is 4.79 Å². The van der Waals surface area contributed by atoms with Crippen LogP contribution in [0.15, 0.2) is 24.5 Å². The Balaban J connectivity index is 2.35. The maximum absolute atomic E-state index is 11.8. The number of rotatable bonds is 6. The smallest absolute Gasteiger partial charge is 0.240 e. The first-order valence-corrected chi connectivity index (χ1v) is 5.80. The summed E-state index contributed by atoms with van der Waals surface area (Å²) in [5.74, 6) is -0.0512. The second kappa shape index (κ2) is 5.70. The van der Waals surface area contributed by atoms with Crippen LogP contribution in [0, 0.1) is 0 Å². The van der Waals surface area contributed by atoms with Crippen LogP contribution in [0.1, 0.15) is 26.7 Å². The molecule has 0 saturated heterocycles. The van der Waals surface area contributed by atoms with Crippen LogP contribution in [0.2, 0.25) is 0 Å². The van der Waals surface area contributed by atoms with Gasteiger partial charge in [0.25, 0.3) is 0 Å². The van der Waals surface area contributed by atoms with Crippen molar-refractivity contribution in [1.29, 1.82) is 0 Å². The monoisotopic (exact) mass is 223 g/mol. The summed E-state index contributed by atoms with van der Waals surface area (Å²) in [7, 11) is 0. The number of aromatic nitrogens is 1. The van der Waals surface area contributed by atoms with Crippen LogP contribution < -0.4 is 11.1 Å². The fraction of sp³-hybridized carbons (Fsp3) is 0.583. The van der Waals surface area contributed by atoms with Gasteiger partial charge in [-0.1, -0.05) is 13.8 Å². The van der Waals surface area contributed by atoms with E-state index in [1.807, 2.05) is 42.9 Å². The summed E-state index contributed by atoms with van der Waals surface area (Å²) in [5, 5.41) is 2.88. The molecule has 0 aliphatic heterocycles. The number of nitrogens with zero attached hydrogens (tertiary/aromatic N) is 1. The highest BCUT2D eigenvalue weighted by atomic mass is 16.2. The zero-order valence-corrected chi connectivity index (χ0v) is 10.1. The van der Waals surface area contributed by atoms with E-state index in [1.165, 1.54) is 0 Å². The van der Waals surface area contributed by atoms with Crippen molar-refractivity contribution in [2.45, 2.75) is 38.8 Å². The van der Waals surface area contributed by atoms with Crippen molar-refractivity contribution in [3.8, 4) is 0 Å². The van der Waals surface area contributed by atoms with Gasteiger partial charge in [-0.3, -0.25) is 4.79 Å². The van der Waals surface area contributed by atoms with E-state index in [2.05, 4.69) is 5.32 Å². The number of hydrogen-bond acceptors (Lipinski definition) is 2. The third kappa shape index (κ3) is 3.10. The van der Waals surface area contributed by atoms with Crippen molar-refractivity contribution in [2.24, 2.45) is 5.73 Å². The maximum atomic E-state index is 11.8. The lowest BCUT2D eigenvalue weighted by atomic mass is 9.93. The largest absolute Gasteiger partial charge is 0.353 e. The Bertz CT molecular complexity index is 315. The van der Waals surface area contributed by atoms with Gasteiger partial charge in [0.2, 0.25) is 5.91 Å². The molecule has 0 fully saturated rings. The molecule has 0 atom stereocenters. The molecule has 0 bridgehead atoms. The first kappa shape index (κ1) is 12.8. The van der Waals surface area contributed by atoms with Crippen molar-refractivity contribution in [3.63, 3.8) is 0 Å². The van der Waals surface area contributed by atoms with E-state index in [4.69, 9.17) is 5.73 Å². The fourth-order valence-corrected chi connectivity index (χ4v) is 1.56. The second-order valence-corrected chi connectivity index (χ2v) is 4.04. The highest BCUT2D eigenvalue weighted by molar-refractivity contribution is 5.85. The van der Waals surface area contributed by atoms with E-state index in [-0.39, 0.29) is 5.91 Å². The number of carbonyl (C=O) groups excluding carboxylic acids is 1. The van der Waals surface area contributed by atoms with E-state index in [1.54, 1.807) is 0 Å². The van der Waals surface area contributed by atoms with Gasteiger partial charge in [0.1, 0.15) is 0 Å². The molecular weight excluding hydrogens is 202 g/mol. The van der Waals surface area contributed by atoms with Crippen LogP contribution in [0.25, 0.3) is 0 Å². The van der Waals surface area contributed by atoms with E-state index in [0.29, 0.717) is 19.4 Å². The van der Waals surface area contributed by atoms with E-state index >= 15 is 0 Å². The van der Waals surface area contributed by atoms with Gasteiger partial charge in [-0.15, -0.1) is 0 Å². The normalized spacial score (nSPS) is 11.4. The molecule has 0 aromatic carbocycles. The van der Waals surface area contributed by atoms with Gasteiger partial charge in [0.15, 0.2) is 0 Å². The summed E-state index contributed by atoms with van der Waals surface area (Å²) in [6, 6.07) is 3.93. The summed E-state index contributed by atoms with van der Waals surface area (Å²) < 4.78 is 2.02. The third-order valence-corrected chi connectivity index (χ3v) is 3.04. The molecular formula is C12H21N3O. The molecule has 16 heavy (non-hydrogen) atoms. The lowest BCUT2D eigenvalue weighted by molar-refractivity contribution is -0.126. The maximum Gasteiger partial charge on any atom is 0.240 e. The Morgan fingerprint density at radius 3 is 2.38 bits per heavy atom. The summed E-state index contributed by atoms with van der Waals surface area (Å²) in [4.78, 5) is 11.8. The van der Waals surface area contributed by atoms with Crippen LogP contribution in [0.5, 0.6) is 0 Å². The number of carbonyl (C=O) groups is 1. The third-order valence-electron chi connectivity index (χ3n) is 3.04. The Kier molecular flexibility index (Phi) is 4.55. The van der Waals surface area contributed by atoms with Crippen LogP contribution >= 0.6 is 0 Å². The molecule has 1 heterocycles. The highest BCUT2D eigenvalue weighted by Crippen LogP contribution is 2.10. The minimum Gasteiger partial charge on any atom is -0.353 e. The molecule has 4 nitrogen and oxygen atoms in total. The first-order valence-electron chi connectivity index (χ1n) is 5.80. The molecule has 3 N–H and O–H groups in total. The predicted octanol–water partition coefficient (Wildman–Crippen LogP) is 1.12. The average molecular weight is 223 g/mol. The molecule has 4 heteroatoms. The number of nitrogens with two attached hydrogens (primary N) is 1. The van der Waals surface area contributed by atoms with Gasteiger partial charge in [-0.2, -0.15) is 0 Å². The SMILES string of the molecule is CCC(N)(CC)C(=O)NCCn1cccc1. The van der Waals surface area contributed by atoms with Crippen molar-refractivity contribution >= 4 is 5.91 Å². The second-order valence-electron chi connectivity index (χ2n) is 4.04. The number of hydrogen-bond donors (Lipinski definition) is 2. The lowest BCUT2D eigenvalue weighted by Crippen LogP contribution is -2.53. The molecule has 0 saturated carbocycles. The minimum absolute atomic E-state index is 0.0512. The summed E-state index contributed by atoms with van der Waals surface area (Å²) in [6.45, 7) is 5.28. The lowest BCUT2D eigenvalue weighted by Gasteiger charge is -2.25. The summed E-state index contributed by atoms with van der Waals surface area (Å²) in [6.07, 6.45) is 5.28. The minimum atomic E-state index is -0.712. The number of amides is 1. The molecule has 0 radical (unpaired) electrons. The molecule has 1 amide bonds. The van der Waals surface area contributed by atoms with E-state index < -0.39 is 5.54 Å². The summed E-state index contributed by atoms with van der Waals surface area (Å²) in [5.41, 5.74) is 5.27. The standard InChI is InChI=1S/C12H21N3O/c1-3-12(13,4-2)11(16)14-7-10-15-8-5-6-9-15/h5-6,8-9H,3-4,7,10,13H2,1-2H3,(H,14,16). The topological polar surface area (TPSA) is 60.1 Å². The van der Waals surface area contributed by atoms with E-state index in [0.717, 1.165) is 6.54 Å². The predicted molar refractivity (Wildman–Crippen MR) is 64.9 cm³/mol. The van der Waals surface area contributed by atoms with Gasteiger partial charge in [-0.25, -0.2) is 0 Å². The Hall–Kier alpha value is -1.29. The molecule has 0 aliphatic rings. The molecule has 0 unspecified atom stereocenters. The van der Waals surface area contributed by atoms with Gasteiger partial charge in [0, 0.05) is 25.5 Å². The van der Waals surface area contributed by atoms with Gasteiger partial charge >= 0.3 is 0 Å². The van der Waals surface area contributed by atoms with Crippen LogP contribution in [-0.4, -0.2) is 22.6 Å². The van der Waals surface area contributed by atoms with Crippen LogP contribution in [0.3, 0.4) is 0 Å². The average Bonchev–Trinajstić information content (AvgIpc) is 2.80. The Morgan fingerprint density at radius 2 is 1.88 bits per heavy atom. The highest BCUT2D eigenvalue weighted by Gasteiger charge is 2.29. The molecule has 90 valence electrons. The van der Waals surface area contributed by atoms with Crippen LogP contribution in [0.4, 0.5) is 0 Å². The quantitative estimate of drug-likeness (QED) is 0.759. The first-order chi connectivity index (χ1) is 7.62. The van der Waals surface area contributed by atoms with Crippen LogP contribution in [-0.2, 0) is 11.3 Å². The zero-order chi connectivity index (χ0) is 12.0. The molecule has 1 aromatic rings. The molecule has 0 aliphatic carbocycles. The van der Waals surface area contributed by atoms with Crippen molar-refractivity contribution in [1.82, 2.24) is 9.88 Å². The molecule has 1 aromatic heterocycles. The Labute approximate surface area is 96.8 Å². The van der Waals surface area contributed by atoms with Gasteiger partial charge < -0.3 is 15.6 Å². The van der Waals surface area contributed by atoms with E-state index in [9.17, 15) is 4.79 Å². The fourth-order valence-electron chi connectivity index (χ4n) is 1.56. The molecule has 0 spiro atoms. The van der Waals surface area contributed by atoms with Gasteiger partial charge in [0.05, 0.1) is 5.54 Å². The number of nitrogens with one attached hydrogen (secondary N) is 1. The Morgan fingerprint density at radius 1 is 1.31 bits per heavy atom. The van der Waals surface area contributed by atoms with Crippen molar-refractivity contribution in [3.05, 3.63) is 24.5 Å². The zero-order valence-electron chi connectivity index (χ0n) is 10.1. The summed E-state index contributed by atoms with van der Waals surface area (Å²) >= 11 is 0. The van der Waals surface area contributed by atoms with Gasteiger partial charge in [-0.05, 0) is 25.0 Å². The molecule has 1 rings (SSSR count).